The fourth-order valence-corrected chi connectivity index (χ4v) is 3.20. The van der Waals surface area contributed by atoms with Crippen molar-refractivity contribution < 1.29 is 33.3 Å². The van der Waals surface area contributed by atoms with Gasteiger partial charge < -0.3 is 23.9 Å². The van der Waals surface area contributed by atoms with Crippen molar-refractivity contribution in [1.29, 1.82) is 0 Å². The van der Waals surface area contributed by atoms with E-state index in [0.717, 1.165) is 5.56 Å². The maximum atomic E-state index is 12.7. The molecular formula is C22H23NO7. The Morgan fingerprint density at radius 3 is 2.53 bits per heavy atom. The quantitative estimate of drug-likeness (QED) is 0.441. The Labute approximate surface area is 173 Å². The van der Waals surface area contributed by atoms with E-state index in [1.165, 1.54) is 20.1 Å². The van der Waals surface area contributed by atoms with Gasteiger partial charge in [-0.15, -0.1) is 0 Å². The molecule has 8 nitrogen and oxygen atoms in total. The number of esters is 2. The molecule has 3 rings (SSSR count). The van der Waals surface area contributed by atoms with Gasteiger partial charge in [0, 0.05) is 11.8 Å². The number of carbonyl (C=O) groups excluding carboxylic acids is 3. The second-order valence-electron chi connectivity index (χ2n) is 6.80. The summed E-state index contributed by atoms with van der Waals surface area (Å²) < 4.78 is 20.9. The number of fused-ring (bicyclic) bond motifs is 1. The van der Waals surface area contributed by atoms with Crippen LogP contribution in [0.25, 0.3) is 6.08 Å². The molecule has 0 bridgehead atoms. The average Bonchev–Trinajstić information content (AvgIpc) is 3.04. The third kappa shape index (κ3) is 4.37. The van der Waals surface area contributed by atoms with E-state index in [9.17, 15) is 14.4 Å². The Bertz CT molecular complexity index is 1020. The van der Waals surface area contributed by atoms with Crippen LogP contribution in [-0.4, -0.2) is 49.1 Å². The van der Waals surface area contributed by atoms with Gasteiger partial charge >= 0.3 is 11.9 Å². The maximum Gasteiger partial charge on any atom is 0.339 e. The molecule has 0 fully saturated rings. The van der Waals surface area contributed by atoms with E-state index in [4.69, 9.17) is 18.9 Å². The second kappa shape index (κ2) is 8.86. The van der Waals surface area contributed by atoms with Crippen LogP contribution in [0.3, 0.4) is 0 Å². The third-order valence-corrected chi connectivity index (χ3v) is 4.71. The number of benzene rings is 1. The van der Waals surface area contributed by atoms with Crippen LogP contribution in [0.5, 0.6) is 11.5 Å². The van der Waals surface area contributed by atoms with Crippen molar-refractivity contribution in [1.82, 2.24) is 4.98 Å². The van der Waals surface area contributed by atoms with Crippen LogP contribution in [0.1, 0.15) is 44.6 Å². The predicted octanol–water partition coefficient (Wildman–Crippen LogP) is 3.02. The summed E-state index contributed by atoms with van der Waals surface area (Å²) in [5.74, 6) is -0.374. The molecule has 0 unspecified atom stereocenters. The normalized spacial score (nSPS) is 13.7. The first-order valence-electron chi connectivity index (χ1n) is 9.41. The van der Waals surface area contributed by atoms with Gasteiger partial charge in [0.15, 0.2) is 17.6 Å². The first-order valence-corrected chi connectivity index (χ1v) is 9.41. The summed E-state index contributed by atoms with van der Waals surface area (Å²) in [6.45, 7) is 5.76. The fraction of sp³-hybridized carbons (Fsp3) is 0.318. The van der Waals surface area contributed by atoms with Crippen molar-refractivity contribution in [3.63, 3.8) is 0 Å². The number of aromatic amines is 1. The van der Waals surface area contributed by atoms with Crippen LogP contribution in [0.4, 0.5) is 0 Å². The van der Waals surface area contributed by atoms with Crippen LogP contribution in [0.2, 0.25) is 0 Å². The van der Waals surface area contributed by atoms with Crippen LogP contribution < -0.4 is 9.47 Å². The van der Waals surface area contributed by atoms with Gasteiger partial charge in [0.05, 0.1) is 18.4 Å². The van der Waals surface area contributed by atoms with Crippen LogP contribution in [0.15, 0.2) is 24.3 Å². The highest BCUT2D eigenvalue weighted by Crippen LogP contribution is 2.31. The molecule has 0 amide bonds. The van der Waals surface area contributed by atoms with Crippen LogP contribution in [0, 0.1) is 13.8 Å². The summed E-state index contributed by atoms with van der Waals surface area (Å²) in [5.41, 5.74) is 2.22. The number of nitrogens with one attached hydrogen (secondary N) is 1. The standard InChI is InChI=1S/C22H23NO7/c1-12-19(22(26)27-4)13(2)23-20(12)21(25)14(3)30-18(24)8-6-15-5-7-16-17(11-15)29-10-9-28-16/h5-8,11,14,23H,9-10H2,1-4H3/b8-6+/t14-/m1/s1. The third-order valence-electron chi connectivity index (χ3n) is 4.71. The first kappa shape index (κ1) is 21.2. The van der Waals surface area contributed by atoms with Crippen LogP contribution >= 0.6 is 0 Å². The zero-order valence-electron chi connectivity index (χ0n) is 17.2. The molecular weight excluding hydrogens is 390 g/mol. The molecule has 1 atom stereocenters. The van der Waals surface area contributed by atoms with E-state index in [-0.39, 0.29) is 5.69 Å². The molecule has 1 aliphatic heterocycles. The highest BCUT2D eigenvalue weighted by molar-refractivity contribution is 6.04. The Morgan fingerprint density at radius 1 is 1.13 bits per heavy atom. The molecule has 2 aromatic rings. The number of hydrogen-bond donors (Lipinski definition) is 1. The number of Topliss-reactive ketones (excluding diaryl/α,β-unsaturated/α-hetero) is 1. The lowest BCUT2D eigenvalue weighted by molar-refractivity contribution is -0.140. The number of aryl methyl sites for hydroxylation is 1. The zero-order chi connectivity index (χ0) is 21.8. The molecule has 0 aliphatic carbocycles. The van der Waals surface area contributed by atoms with Crippen molar-refractivity contribution in [3.8, 4) is 11.5 Å². The van der Waals surface area contributed by atoms with E-state index in [0.29, 0.717) is 41.5 Å². The molecule has 2 heterocycles. The van der Waals surface area contributed by atoms with Gasteiger partial charge in [-0.2, -0.15) is 0 Å². The molecule has 1 N–H and O–H groups in total. The van der Waals surface area contributed by atoms with Crippen molar-refractivity contribution in [2.45, 2.75) is 26.9 Å². The predicted molar refractivity (Wildman–Crippen MR) is 108 cm³/mol. The molecule has 0 spiro atoms. The largest absolute Gasteiger partial charge is 0.486 e. The average molecular weight is 413 g/mol. The van der Waals surface area contributed by atoms with Gasteiger partial charge in [0.25, 0.3) is 0 Å². The molecule has 0 saturated heterocycles. The molecule has 0 radical (unpaired) electrons. The molecule has 158 valence electrons. The minimum atomic E-state index is -1.04. The lowest BCUT2D eigenvalue weighted by Gasteiger charge is -2.18. The van der Waals surface area contributed by atoms with Crippen molar-refractivity contribution >= 4 is 23.8 Å². The van der Waals surface area contributed by atoms with E-state index in [1.807, 2.05) is 0 Å². The number of H-pyrrole nitrogens is 1. The summed E-state index contributed by atoms with van der Waals surface area (Å²) >= 11 is 0. The van der Waals surface area contributed by atoms with Crippen LogP contribution in [-0.2, 0) is 14.3 Å². The van der Waals surface area contributed by atoms with Gasteiger partial charge in [-0.05, 0) is 50.1 Å². The fourth-order valence-electron chi connectivity index (χ4n) is 3.20. The highest BCUT2D eigenvalue weighted by atomic mass is 16.6. The van der Waals surface area contributed by atoms with E-state index in [2.05, 4.69) is 4.98 Å². The maximum absolute atomic E-state index is 12.7. The molecule has 0 saturated carbocycles. The van der Waals surface area contributed by atoms with Gasteiger partial charge in [-0.25, -0.2) is 9.59 Å². The lowest BCUT2D eigenvalue weighted by Crippen LogP contribution is -2.24. The summed E-state index contributed by atoms with van der Waals surface area (Å²) in [5, 5.41) is 0. The molecule has 1 aromatic carbocycles. The molecule has 8 heteroatoms. The zero-order valence-corrected chi connectivity index (χ0v) is 17.2. The van der Waals surface area contributed by atoms with Crippen molar-refractivity contribution in [2.24, 2.45) is 0 Å². The molecule has 1 aromatic heterocycles. The Hall–Kier alpha value is -3.55. The second-order valence-corrected chi connectivity index (χ2v) is 6.80. The SMILES string of the molecule is COC(=O)c1c(C)[nH]c(C(=O)[C@@H](C)OC(=O)/C=C/c2ccc3c(c2)OCCO3)c1C. The van der Waals surface area contributed by atoms with E-state index in [1.54, 1.807) is 38.1 Å². The smallest absolute Gasteiger partial charge is 0.339 e. The summed E-state index contributed by atoms with van der Waals surface area (Å²) in [7, 11) is 1.27. The number of ketones is 1. The number of carbonyl (C=O) groups is 3. The van der Waals surface area contributed by atoms with Gasteiger partial charge in [-0.3, -0.25) is 4.79 Å². The van der Waals surface area contributed by atoms with E-state index >= 15 is 0 Å². The number of rotatable bonds is 6. The van der Waals surface area contributed by atoms with Gasteiger partial charge in [0.2, 0.25) is 5.78 Å². The van der Waals surface area contributed by atoms with Crippen molar-refractivity contribution in [2.75, 3.05) is 20.3 Å². The Kier molecular flexibility index (Phi) is 6.25. The minimum Gasteiger partial charge on any atom is -0.486 e. The minimum absolute atomic E-state index is 0.212. The summed E-state index contributed by atoms with van der Waals surface area (Å²) in [6.07, 6.45) is 1.77. The lowest BCUT2D eigenvalue weighted by atomic mass is 10.1. The van der Waals surface area contributed by atoms with Crippen molar-refractivity contribution in [3.05, 3.63) is 52.4 Å². The molecule has 1 aliphatic rings. The number of ether oxygens (including phenoxy) is 4. The molecule has 30 heavy (non-hydrogen) atoms. The topological polar surface area (TPSA) is 104 Å². The number of methoxy groups -OCH3 is 1. The first-order chi connectivity index (χ1) is 14.3. The summed E-state index contributed by atoms with van der Waals surface area (Å²) in [6, 6.07) is 5.30. The number of hydrogen-bond acceptors (Lipinski definition) is 7. The Morgan fingerprint density at radius 2 is 1.83 bits per heavy atom. The van der Waals surface area contributed by atoms with Gasteiger partial charge in [-0.1, -0.05) is 6.07 Å². The summed E-state index contributed by atoms with van der Waals surface area (Å²) in [4.78, 5) is 39.6. The number of aromatic nitrogens is 1. The van der Waals surface area contributed by atoms with E-state index < -0.39 is 23.8 Å². The monoisotopic (exact) mass is 413 g/mol. The van der Waals surface area contributed by atoms with Gasteiger partial charge in [0.1, 0.15) is 13.2 Å². The highest BCUT2D eigenvalue weighted by Gasteiger charge is 2.27. The Balaban J connectivity index is 1.66.